The number of carbonyl (C=O) groups is 1. The minimum Gasteiger partial charge on any atom is -0.481 e. The van der Waals surface area contributed by atoms with Crippen molar-refractivity contribution < 1.29 is 15.0 Å². The molecule has 0 heterocycles. The summed E-state index contributed by atoms with van der Waals surface area (Å²) in [6.45, 7) is 4.55. The standard InChI is InChI=1S/C26H28O3/c1-18(19-9-4-2-5-10-19)26-16-15-23(27)22(26)17-21(13-8-14-24(28)29)25(26)20-11-6-3-7-12-20/h2-7,9-12,22-23,27H,1,8,13-17H2,(H,28,29)/t22?,23-,26-/m0/s1. The zero-order chi connectivity index (χ0) is 20.4. The molecule has 0 aromatic heterocycles. The summed E-state index contributed by atoms with van der Waals surface area (Å²) in [6.07, 6.45) is 3.66. The van der Waals surface area contributed by atoms with Crippen LogP contribution in [0.2, 0.25) is 0 Å². The largest absolute Gasteiger partial charge is 0.481 e. The molecule has 3 heteroatoms. The zero-order valence-corrected chi connectivity index (χ0v) is 16.7. The number of carboxylic acids is 1. The van der Waals surface area contributed by atoms with Crippen LogP contribution in [-0.2, 0) is 4.79 Å². The average molecular weight is 389 g/mol. The predicted molar refractivity (Wildman–Crippen MR) is 116 cm³/mol. The van der Waals surface area contributed by atoms with Crippen LogP contribution in [-0.4, -0.2) is 22.3 Å². The molecule has 2 aromatic rings. The number of aliphatic hydroxyl groups is 1. The summed E-state index contributed by atoms with van der Waals surface area (Å²) < 4.78 is 0. The van der Waals surface area contributed by atoms with Gasteiger partial charge in [0.25, 0.3) is 0 Å². The summed E-state index contributed by atoms with van der Waals surface area (Å²) in [6, 6.07) is 20.7. The first kappa shape index (κ1) is 19.7. The van der Waals surface area contributed by atoms with Crippen LogP contribution in [0, 0.1) is 11.3 Å². The first-order valence-corrected chi connectivity index (χ1v) is 10.5. The average Bonchev–Trinajstić information content (AvgIpc) is 3.23. The fourth-order valence-electron chi connectivity index (χ4n) is 5.56. The zero-order valence-electron chi connectivity index (χ0n) is 16.7. The van der Waals surface area contributed by atoms with E-state index in [2.05, 4.69) is 43.0 Å². The van der Waals surface area contributed by atoms with E-state index in [1.807, 2.05) is 24.3 Å². The molecular formula is C26H28O3. The van der Waals surface area contributed by atoms with Crippen molar-refractivity contribution in [2.45, 2.75) is 44.6 Å². The van der Waals surface area contributed by atoms with Gasteiger partial charge in [0.1, 0.15) is 0 Å². The molecule has 0 aliphatic heterocycles. The maximum absolute atomic E-state index is 11.1. The number of benzene rings is 2. The molecule has 2 aromatic carbocycles. The summed E-state index contributed by atoms with van der Waals surface area (Å²) in [5, 5.41) is 20.0. The number of aliphatic hydroxyl groups excluding tert-OH is 1. The number of aliphatic carboxylic acids is 1. The summed E-state index contributed by atoms with van der Waals surface area (Å²) in [5.74, 6) is -0.654. The minimum atomic E-state index is -0.756. The van der Waals surface area contributed by atoms with Crippen LogP contribution in [0.25, 0.3) is 11.1 Å². The van der Waals surface area contributed by atoms with Crippen molar-refractivity contribution in [2.75, 3.05) is 0 Å². The van der Waals surface area contributed by atoms with Crippen LogP contribution in [0.3, 0.4) is 0 Å². The Morgan fingerprint density at radius 3 is 2.38 bits per heavy atom. The molecule has 1 fully saturated rings. The number of hydrogen-bond acceptors (Lipinski definition) is 2. The van der Waals surface area contributed by atoms with Gasteiger partial charge in [0.05, 0.1) is 6.10 Å². The van der Waals surface area contributed by atoms with Gasteiger partial charge in [-0.05, 0) is 54.4 Å². The van der Waals surface area contributed by atoms with Gasteiger partial charge in [-0.3, -0.25) is 4.79 Å². The highest BCUT2D eigenvalue weighted by molar-refractivity contribution is 5.90. The number of allylic oxidation sites excluding steroid dienone is 3. The van der Waals surface area contributed by atoms with E-state index in [4.69, 9.17) is 5.11 Å². The highest BCUT2D eigenvalue weighted by Crippen LogP contribution is 2.66. The first-order valence-electron chi connectivity index (χ1n) is 10.5. The molecular weight excluding hydrogens is 360 g/mol. The van der Waals surface area contributed by atoms with E-state index >= 15 is 0 Å². The Bertz CT molecular complexity index is 929. The minimum absolute atomic E-state index is 0.102. The first-order chi connectivity index (χ1) is 14.0. The maximum Gasteiger partial charge on any atom is 0.303 e. The molecule has 1 saturated carbocycles. The van der Waals surface area contributed by atoms with Crippen LogP contribution < -0.4 is 0 Å². The molecule has 1 unspecified atom stereocenters. The Balaban J connectivity index is 1.83. The topological polar surface area (TPSA) is 57.5 Å². The third kappa shape index (κ3) is 3.44. The Kier molecular flexibility index (Phi) is 5.42. The third-order valence-corrected chi connectivity index (χ3v) is 6.79. The highest BCUT2D eigenvalue weighted by atomic mass is 16.4. The SMILES string of the molecule is C=C(c1ccccc1)[C@@]12CC[C@H](O)C1CC(CCCC(=O)O)=C2c1ccccc1. The van der Waals surface area contributed by atoms with Gasteiger partial charge >= 0.3 is 5.97 Å². The van der Waals surface area contributed by atoms with Crippen molar-refractivity contribution in [3.8, 4) is 0 Å². The Morgan fingerprint density at radius 1 is 1.07 bits per heavy atom. The van der Waals surface area contributed by atoms with Gasteiger partial charge in [-0.15, -0.1) is 0 Å². The van der Waals surface area contributed by atoms with E-state index in [1.165, 1.54) is 16.7 Å². The maximum atomic E-state index is 11.1. The molecule has 0 bridgehead atoms. The van der Waals surface area contributed by atoms with Crippen LogP contribution >= 0.6 is 0 Å². The number of rotatable bonds is 7. The fourth-order valence-corrected chi connectivity index (χ4v) is 5.56. The second kappa shape index (κ2) is 8.00. The van der Waals surface area contributed by atoms with Crippen molar-refractivity contribution >= 4 is 17.1 Å². The second-order valence-electron chi connectivity index (χ2n) is 8.32. The van der Waals surface area contributed by atoms with E-state index in [0.717, 1.165) is 36.8 Å². The molecule has 4 rings (SSSR count). The molecule has 3 atom stereocenters. The van der Waals surface area contributed by atoms with Crippen LogP contribution in [0.4, 0.5) is 0 Å². The molecule has 2 aliphatic rings. The highest BCUT2D eigenvalue weighted by Gasteiger charge is 2.56. The molecule has 150 valence electrons. The Labute approximate surface area is 172 Å². The van der Waals surface area contributed by atoms with E-state index in [9.17, 15) is 9.90 Å². The lowest BCUT2D eigenvalue weighted by molar-refractivity contribution is -0.137. The lowest BCUT2D eigenvalue weighted by atomic mass is 9.66. The molecule has 0 radical (unpaired) electrons. The van der Waals surface area contributed by atoms with E-state index < -0.39 is 5.97 Å². The number of hydrogen-bond donors (Lipinski definition) is 2. The molecule has 2 N–H and O–H groups in total. The molecule has 0 saturated heterocycles. The molecule has 29 heavy (non-hydrogen) atoms. The van der Waals surface area contributed by atoms with Gasteiger partial charge in [0, 0.05) is 17.8 Å². The summed E-state index contributed by atoms with van der Waals surface area (Å²) in [5.41, 5.74) is 5.64. The van der Waals surface area contributed by atoms with Crippen LogP contribution in [0.1, 0.15) is 49.7 Å². The number of fused-ring (bicyclic) bond motifs is 1. The third-order valence-electron chi connectivity index (χ3n) is 6.79. The second-order valence-corrected chi connectivity index (χ2v) is 8.32. The van der Waals surface area contributed by atoms with E-state index in [-0.39, 0.29) is 23.9 Å². The van der Waals surface area contributed by atoms with Gasteiger partial charge in [-0.25, -0.2) is 0 Å². The smallest absolute Gasteiger partial charge is 0.303 e. The molecule has 0 amide bonds. The number of carboxylic acid groups (broad SMARTS) is 1. The summed E-state index contributed by atoms with van der Waals surface area (Å²) in [4.78, 5) is 11.1. The van der Waals surface area contributed by atoms with Gasteiger partial charge in [0.2, 0.25) is 0 Å². The summed E-state index contributed by atoms with van der Waals surface area (Å²) >= 11 is 0. The lowest BCUT2D eigenvalue weighted by Gasteiger charge is -2.37. The van der Waals surface area contributed by atoms with Crippen molar-refractivity contribution in [3.63, 3.8) is 0 Å². The quantitative estimate of drug-likeness (QED) is 0.652. The van der Waals surface area contributed by atoms with Gasteiger partial charge in [-0.2, -0.15) is 0 Å². The van der Waals surface area contributed by atoms with E-state index in [0.29, 0.717) is 6.42 Å². The van der Waals surface area contributed by atoms with Gasteiger partial charge in [-0.1, -0.05) is 72.8 Å². The fraction of sp³-hybridized carbons (Fsp3) is 0.346. The van der Waals surface area contributed by atoms with Crippen molar-refractivity contribution in [3.05, 3.63) is 83.9 Å². The van der Waals surface area contributed by atoms with Crippen LogP contribution in [0.15, 0.2) is 72.8 Å². The Hall–Kier alpha value is -2.65. The molecule has 3 nitrogen and oxygen atoms in total. The molecule has 2 aliphatic carbocycles. The normalized spacial score (nSPS) is 25.8. The van der Waals surface area contributed by atoms with Crippen molar-refractivity contribution in [1.29, 1.82) is 0 Å². The molecule has 0 spiro atoms. The van der Waals surface area contributed by atoms with Gasteiger partial charge < -0.3 is 10.2 Å². The van der Waals surface area contributed by atoms with Gasteiger partial charge in [0.15, 0.2) is 0 Å². The van der Waals surface area contributed by atoms with Crippen molar-refractivity contribution in [2.24, 2.45) is 11.3 Å². The predicted octanol–water partition coefficient (Wildman–Crippen LogP) is 5.57. The lowest BCUT2D eigenvalue weighted by Crippen LogP contribution is -2.29. The Morgan fingerprint density at radius 2 is 1.72 bits per heavy atom. The summed E-state index contributed by atoms with van der Waals surface area (Å²) in [7, 11) is 0. The van der Waals surface area contributed by atoms with Crippen molar-refractivity contribution in [1.82, 2.24) is 0 Å². The van der Waals surface area contributed by atoms with E-state index in [1.54, 1.807) is 0 Å². The van der Waals surface area contributed by atoms with Crippen LogP contribution in [0.5, 0.6) is 0 Å². The monoisotopic (exact) mass is 388 g/mol.